The standard InChI is InChI=1S/C13H17BrO3/c1-4-9(2)8-17-13-11(14)5-10(7-15)6-12(13)16-3/h5-6,15H,2,4,7-8H2,1,3H3. The second-order valence-corrected chi connectivity index (χ2v) is 4.51. The average Bonchev–Trinajstić information content (AvgIpc) is 2.35. The first kappa shape index (κ1) is 14.1. The normalized spacial score (nSPS) is 10.1. The lowest BCUT2D eigenvalue weighted by atomic mass is 10.2. The Bertz CT molecular complexity index is 402. The fourth-order valence-electron chi connectivity index (χ4n) is 1.28. The second-order valence-electron chi connectivity index (χ2n) is 3.66. The number of halogens is 1. The highest BCUT2D eigenvalue weighted by Gasteiger charge is 2.11. The van der Waals surface area contributed by atoms with Gasteiger partial charge in [0.05, 0.1) is 18.2 Å². The van der Waals surface area contributed by atoms with Crippen LogP contribution in [0.4, 0.5) is 0 Å². The van der Waals surface area contributed by atoms with E-state index in [2.05, 4.69) is 22.5 Å². The molecule has 17 heavy (non-hydrogen) atoms. The van der Waals surface area contributed by atoms with Crippen molar-refractivity contribution in [2.45, 2.75) is 20.0 Å². The number of hydrogen-bond acceptors (Lipinski definition) is 3. The summed E-state index contributed by atoms with van der Waals surface area (Å²) in [7, 11) is 1.57. The molecule has 0 spiro atoms. The molecular formula is C13H17BrO3. The molecule has 1 rings (SSSR count). The molecule has 0 heterocycles. The Morgan fingerprint density at radius 1 is 1.47 bits per heavy atom. The summed E-state index contributed by atoms with van der Waals surface area (Å²) < 4.78 is 11.7. The van der Waals surface area contributed by atoms with Gasteiger partial charge in [0.1, 0.15) is 6.61 Å². The van der Waals surface area contributed by atoms with Gasteiger partial charge in [0, 0.05) is 0 Å². The van der Waals surface area contributed by atoms with Gasteiger partial charge in [-0.1, -0.05) is 13.5 Å². The molecule has 0 unspecified atom stereocenters. The predicted molar refractivity (Wildman–Crippen MR) is 71.5 cm³/mol. The first-order valence-electron chi connectivity index (χ1n) is 5.39. The number of methoxy groups -OCH3 is 1. The highest BCUT2D eigenvalue weighted by atomic mass is 79.9. The Morgan fingerprint density at radius 2 is 2.18 bits per heavy atom. The molecule has 0 atom stereocenters. The van der Waals surface area contributed by atoms with Crippen molar-refractivity contribution in [2.24, 2.45) is 0 Å². The molecule has 1 aromatic rings. The summed E-state index contributed by atoms with van der Waals surface area (Å²) in [4.78, 5) is 0. The van der Waals surface area contributed by atoms with E-state index < -0.39 is 0 Å². The maximum atomic E-state index is 9.10. The lowest BCUT2D eigenvalue weighted by Gasteiger charge is -2.14. The predicted octanol–water partition coefficient (Wildman–Crippen LogP) is 3.30. The smallest absolute Gasteiger partial charge is 0.175 e. The van der Waals surface area contributed by atoms with Gasteiger partial charge in [0.15, 0.2) is 11.5 Å². The van der Waals surface area contributed by atoms with Crippen molar-refractivity contribution in [3.05, 3.63) is 34.3 Å². The molecule has 0 aliphatic heterocycles. The molecule has 0 fully saturated rings. The van der Waals surface area contributed by atoms with E-state index in [1.807, 2.05) is 13.0 Å². The van der Waals surface area contributed by atoms with E-state index in [1.165, 1.54) is 0 Å². The van der Waals surface area contributed by atoms with Crippen LogP contribution in [0.2, 0.25) is 0 Å². The van der Waals surface area contributed by atoms with Gasteiger partial charge in [0.25, 0.3) is 0 Å². The van der Waals surface area contributed by atoms with E-state index in [0.717, 1.165) is 22.0 Å². The minimum atomic E-state index is -0.0308. The molecule has 0 saturated carbocycles. The molecule has 0 amide bonds. The molecule has 1 aromatic carbocycles. The quantitative estimate of drug-likeness (QED) is 0.819. The Morgan fingerprint density at radius 3 is 2.71 bits per heavy atom. The number of rotatable bonds is 6. The minimum Gasteiger partial charge on any atom is -0.493 e. The first-order chi connectivity index (χ1) is 8.12. The topological polar surface area (TPSA) is 38.7 Å². The van der Waals surface area contributed by atoms with E-state index >= 15 is 0 Å². The molecule has 3 nitrogen and oxygen atoms in total. The summed E-state index contributed by atoms with van der Waals surface area (Å²) in [6.45, 7) is 6.35. The molecular weight excluding hydrogens is 284 g/mol. The van der Waals surface area contributed by atoms with Crippen LogP contribution in [0.25, 0.3) is 0 Å². The number of aliphatic hydroxyl groups is 1. The molecule has 0 aliphatic rings. The maximum absolute atomic E-state index is 9.10. The van der Waals surface area contributed by atoms with Gasteiger partial charge in [-0.05, 0) is 45.6 Å². The highest BCUT2D eigenvalue weighted by Crippen LogP contribution is 2.36. The van der Waals surface area contributed by atoms with Crippen LogP contribution in [0, 0.1) is 0 Å². The van der Waals surface area contributed by atoms with Crippen molar-refractivity contribution in [1.82, 2.24) is 0 Å². The van der Waals surface area contributed by atoms with E-state index in [-0.39, 0.29) is 6.61 Å². The number of benzene rings is 1. The number of hydrogen-bond donors (Lipinski definition) is 1. The Hall–Kier alpha value is -1.00. The number of ether oxygens (including phenoxy) is 2. The van der Waals surface area contributed by atoms with Gasteiger partial charge in [-0.2, -0.15) is 0 Å². The van der Waals surface area contributed by atoms with Crippen LogP contribution in [-0.2, 0) is 6.61 Å². The summed E-state index contributed by atoms with van der Waals surface area (Å²) in [5.74, 6) is 1.24. The third kappa shape index (κ3) is 3.75. The molecule has 0 aromatic heterocycles. The fourth-order valence-corrected chi connectivity index (χ4v) is 1.88. The van der Waals surface area contributed by atoms with Crippen LogP contribution in [0.1, 0.15) is 18.9 Å². The molecule has 0 aliphatic carbocycles. The molecule has 0 radical (unpaired) electrons. The van der Waals surface area contributed by atoms with Gasteiger partial charge < -0.3 is 14.6 Å². The lowest BCUT2D eigenvalue weighted by Crippen LogP contribution is -2.02. The Labute approximate surface area is 110 Å². The van der Waals surface area contributed by atoms with Crippen LogP contribution in [0.3, 0.4) is 0 Å². The van der Waals surface area contributed by atoms with Gasteiger partial charge in [-0.3, -0.25) is 0 Å². The van der Waals surface area contributed by atoms with Gasteiger partial charge in [-0.15, -0.1) is 0 Å². The van der Waals surface area contributed by atoms with E-state index in [1.54, 1.807) is 13.2 Å². The van der Waals surface area contributed by atoms with E-state index in [0.29, 0.717) is 18.1 Å². The lowest BCUT2D eigenvalue weighted by molar-refractivity contribution is 0.279. The Balaban J connectivity index is 2.93. The molecule has 0 bridgehead atoms. The highest BCUT2D eigenvalue weighted by molar-refractivity contribution is 9.10. The summed E-state index contributed by atoms with van der Waals surface area (Å²) in [6.07, 6.45) is 0.884. The second kappa shape index (κ2) is 6.67. The van der Waals surface area contributed by atoms with Crippen molar-refractivity contribution in [3.63, 3.8) is 0 Å². The summed E-state index contributed by atoms with van der Waals surface area (Å²) in [5, 5.41) is 9.10. The maximum Gasteiger partial charge on any atom is 0.175 e. The third-order valence-corrected chi connectivity index (χ3v) is 2.98. The van der Waals surface area contributed by atoms with Crippen molar-refractivity contribution in [1.29, 1.82) is 0 Å². The zero-order chi connectivity index (χ0) is 12.8. The van der Waals surface area contributed by atoms with Crippen molar-refractivity contribution in [2.75, 3.05) is 13.7 Å². The van der Waals surface area contributed by atoms with E-state index in [4.69, 9.17) is 14.6 Å². The van der Waals surface area contributed by atoms with Crippen LogP contribution in [0.15, 0.2) is 28.8 Å². The zero-order valence-corrected chi connectivity index (χ0v) is 11.7. The first-order valence-corrected chi connectivity index (χ1v) is 6.18. The molecule has 4 heteroatoms. The fraction of sp³-hybridized carbons (Fsp3) is 0.385. The van der Waals surface area contributed by atoms with Crippen LogP contribution >= 0.6 is 15.9 Å². The minimum absolute atomic E-state index is 0.0308. The average molecular weight is 301 g/mol. The number of aliphatic hydroxyl groups excluding tert-OH is 1. The summed E-state index contributed by atoms with van der Waals surface area (Å²) in [5.41, 5.74) is 1.79. The molecule has 0 saturated heterocycles. The zero-order valence-electron chi connectivity index (χ0n) is 10.1. The van der Waals surface area contributed by atoms with Gasteiger partial charge in [-0.25, -0.2) is 0 Å². The summed E-state index contributed by atoms with van der Waals surface area (Å²) in [6, 6.07) is 3.57. The Kier molecular flexibility index (Phi) is 5.51. The van der Waals surface area contributed by atoms with E-state index in [9.17, 15) is 0 Å². The van der Waals surface area contributed by atoms with Crippen LogP contribution in [0.5, 0.6) is 11.5 Å². The van der Waals surface area contributed by atoms with Crippen molar-refractivity contribution in [3.8, 4) is 11.5 Å². The van der Waals surface area contributed by atoms with Crippen molar-refractivity contribution < 1.29 is 14.6 Å². The molecule has 94 valence electrons. The summed E-state index contributed by atoms with van der Waals surface area (Å²) >= 11 is 3.41. The monoisotopic (exact) mass is 300 g/mol. The van der Waals surface area contributed by atoms with Crippen molar-refractivity contribution >= 4 is 15.9 Å². The molecule has 1 N–H and O–H groups in total. The van der Waals surface area contributed by atoms with Crippen LogP contribution < -0.4 is 9.47 Å². The van der Waals surface area contributed by atoms with Crippen LogP contribution in [-0.4, -0.2) is 18.8 Å². The third-order valence-electron chi connectivity index (χ3n) is 2.39. The largest absolute Gasteiger partial charge is 0.493 e. The SMILES string of the molecule is C=C(CC)COc1c(Br)cc(CO)cc1OC. The van der Waals surface area contributed by atoms with Gasteiger partial charge >= 0.3 is 0 Å². The van der Waals surface area contributed by atoms with Gasteiger partial charge in [0.2, 0.25) is 0 Å².